The first-order valence-corrected chi connectivity index (χ1v) is 9.21. The number of benzene rings is 1. The highest BCUT2D eigenvalue weighted by molar-refractivity contribution is 5.92. The van der Waals surface area contributed by atoms with Crippen LogP contribution in [0.25, 0.3) is 0 Å². The average Bonchev–Trinajstić information content (AvgIpc) is 2.61. The van der Waals surface area contributed by atoms with Gasteiger partial charge in [0.15, 0.2) is 5.96 Å². The molecule has 134 valence electrons. The van der Waals surface area contributed by atoms with E-state index in [9.17, 15) is 0 Å². The summed E-state index contributed by atoms with van der Waals surface area (Å²) in [7, 11) is 0. The molecule has 1 aliphatic rings. The van der Waals surface area contributed by atoms with E-state index in [1.807, 2.05) is 0 Å². The minimum atomic E-state index is 0.502. The van der Waals surface area contributed by atoms with Gasteiger partial charge in [-0.1, -0.05) is 32.9 Å². The van der Waals surface area contributed by atoms with E-state index in [0.717, 1.165) is 31.7 Å². The van der Waals surface area contributed by atoms with Gasteiger partial charge in [-0.05, 0) is 36.6 Å². The molecule has 1 heterocycles. The van der Waals surface area contributed by atoms with Crippen molar-refractivity contribution in [2.75, 3.05) is 51.1 Å². The normalized spacial score (nSPS) is 18.5. The predicted octanol–water partition coefficient (Wildman–Crippen LogP) is 2.25. The van der Waals surface area contributed by atoms with Crippen LogP contribution in [0.15, 0.2) is 29.3 Å². The van der Waals surface area contributed by atoms with Crippen LogP contribution in [0.1, 0.15) is 26.3 Å². The maximum atomic E-state index is 6.01. The molecule has 1 atom stereocenters. The Morgan fingerprint density at radius 2 is 1.75 bits per heavy atom. The minimum absolute atomic E-state index is 0.502. The molecule has 3 N–H and O–H groups in total. The van der Waals surface area contributed by atoms with E-state index in [4.69, 9.17) is 5.73 Å². The van der Waals surface area contributed by atoms with Gasteiger partial charge in [0.05, 0.1) is 0 Å². The second-order valence-corrected chi connectivity index (χ2v) is 6.74. The lowest BCUT2D eigenvalue weighted by molar-refractivity contribution is 0.125. The Balaban J connectivity index is 1.72. The van der Waals surface area contributed by atoms with E-state index >= 15 is 0 Å². The van der Waals surface area contributed by atoms with Crippen molar-refractivity contribution in [1.82, 2.24) is 9.80 Å². The standard InChI is InChI=1S/C19H33N5/c1-4-17-6-8-18(9-7-17)22-19(20)21-14-16(3)15-24-12-10-23(5-2)11-13-24/h6-9,16H,4-5,10-15H2,1-3H3,(H3,20,21,22). The Morgan fingerprint density at radius 3 is 2.33 bits per heavy atom. The SMILES string of the molecule is CCc1ccc(NC(N)=NCC(C)CN2CCN(CC)CC2)cc1. The van der Waals surface area contributed by atoms with Gasteiger partial charge >= 0.3 is 0 Å². The highest BCUT2D eigenvalue weighted by atomic mass is 15.3. The summed E-state index contributed by atoms with van der Waals surface area (Å²) in [6.45, 7) is 14.4. The Kier molecular flexibility index (Phi) is 7.53. The lowest BCUT2D eigenvalue weighted by atomic mass is 10.1. The second-order valence-electron chi connectivity index (χ2n) is 6.74. The van der Waals surface area contributed by atoms with E-state index in [2.05, 4.69) is 65.1 Å². The fourth-order valence-corrected chi connectivity index (χ4v) is 3.05. The number of hydrogen-bond acceptors (Lipinski definition) is 3. The number of guanidine groups is 1. The lowest BCUT2D eigenvalue weighted by Crippen LogP contribution is -2.47. The summed E-state index contributed by atoms with van der Waals surface area (Å²) in [4.78, 5) is 9.55. The number of nitrogens with zero attached hydrogens (tertiary/aromatic N) is 3. The largest absolute Gasteiger partial charge is 0.370 e. The molecule has 1 aliphatic heterocycles. The molecule has 0 amide bonds. The summed E-state index contributed by atoms with van der Waals surface area (Å²) in [5.41, 5.74) is 8.34. The molecular weight excluding hydrogens is 298 g/mol. The molecular formula is C19H33N5. The van der Waals surface area contributed by atoms with Crippen molar-refractivity contribution in [3.8, 4) is 0 Å². The monoisotopic (exact) mass is 331 g/mol. The molecule has 1 aromatic rings. The predicted molar refractivity (Wildman–Crippen MR) is 104 cm³/mol. The molecule has 0 saturated carbocycles. The maximum absolute atomic E-state index is 6.01. The fourth-order valence-electron chi connectivity index (χ4n) is 3.05. The fraction of sp³-hybridized carbons (Fsp3) is 0.632. The summed E-state index contributed by atoms with van der Waals surface area (Å²) in [5, 5.41) is 3.17. The van der Waals surface area contributed by atoms with Gasteiger partial charge in [-0.2, -0.15) is 0 Å². The highest BCUT2D eigenvalue weighted by Gasteiger charge is 2.17. The zero-order valence-electron chi connectivity index (χ0n) is 15.5. The number of nitrogens with one attached hydrogen (secondary N) is 1. The average molecular weight is 332 g/mol. The van der Waals surface area contributed by atoms with Gasteiger partial charge in [-0.3, -0.25) is 4.99 Å². The molecule has 0 aromatic heterocycles. The molecule has 1 fully saturated rings. The van der Waals surface area contributed by atoms with E-state index in [1.54, 1.807) is 0 Å². The highest BCUT2D eigenvalue weighted by Crippen LogP contribution is 2.10. The first kappa shape index (κ1) is 18.7. The molecule has 0 spiro atoms. The van der Waals surface area contributed by atoms with Gasteiger partial charge in [0.1, 0.15) is 0 Å². The Bertz CT molecular complexity index is 503. The van der Waals surface area contributed by atoms with Crippen LogP contribution in [0.5, 0.6) is 0 Å². The van der Waals surface area contributed by atoms with Gasteiger partial charge < -0.3 is 20.9 Å². The van der Waals surface area contributed by atoms with E-state index < -0.39 is 0 Å². The molecule has 1 unspecified atom stereocenters. The van der Waals surface area contributed by atoms with Gasteiger partial charge in [-0.25, -0.2) is 0 Å². The maximum Gasteiger partial charge on any atom is 0.193 e. The number of aryl methyl sites for hydroxylation is 1. The molecule has 5 heteroatoms. The second kappa shape index (κ2) is 9.64. The van der Waals surface area contributed by atoms with E-state index in [1.165, 1.54) is 31.7 Å². The quantitative estimate of drug-likeness (QED) is 0.594. The summed E-state index contributed by atoms with van der Waals surface area (Å²) in [6, 6.07) is 8.35. The van der Waals surface area contributed by atoms with E-state index in [-0.39, 0.29) is 0 Å². The third-order valence-corrected chi connectivity index (χ3v) is 4.69. The lowest BCUT2D eigenvalue weighted by Gasteiger charge is -2.35. The first-order chi connectivity index (χ1) is 11.6. The zero-order valence-corrected chi connectivity index (χ0v) is 15.5. The van der Waals surface area contributed by atoms with Crippen molar-refractivity contribution >= 4 is 11.6 Å². The molecule has 5 nitrogen and oxygen atoms in total. The van der Waals surface area contributed by atoms with Crippen LogP contribution >= 0.6 is 0 Å². The molecule has 2 rings (SSSR count). The van der Waals surface area contributed by atoms with Crippen LogP contribution in [0.2, 0.25) is 0 Å². The van der Waals surface area contributed by atoms with Gasteiger partial charge in [0.2, 0.25) is 0 Å². The minimum Gasteiger partial charge on any atom is -0.370 e. The summed E-state index contributed by atoms with van der Waals surface area (Å²) in [6.07, 6.45) is 1.05. The van der Waals surface area contributed by atoms with Crippen molar-refractivity contribution in [3.05, 3.63) is 29.8 Å². The van der Waals surface area contributed by atoms with Crippen molar-refractivity contribution in [2.45, 2.75) is 27.2 Å². The van der Waals surface area contributed by atoms with Gasteiger partial charge in [0.25, 0.3) is 0 Å². The van der Waals surface area contributed by atoms with Crippen molar-refractivity contribution < 1.29 is 0 Å². The molecule has 0 bridgehead atoms. The van der Waals surface area contributed by atoms with E-state index in [0.29, 0.717) is 11.9 Å². The summed E-state index contributed by atoms with van der Waals surface area (Å²) in [5.74, 6) is 1.02. The summed E-state index contributed by atoms with van der Waals surface area (Å²) < 4.78 is 0. The Morgan fingerprint density at radius 1 is 1.12 bits per heavy atom. The number of hydrogen-bond donors (Lipinski definition) is 2. The molecule has 1 aromatic carbocycles. The molecule has 1 saturated heterocycles. The first-order valence-electron chi connectivity index (χ1n) is 9.21. The number of rotatable bonds is 7. The number of nitrogens with two attached hydrogens (primary N) is 1. The van der Waals surface area contributed by atoms with Crippen LogP contribution in [-0.4, -0.2) is 61.6 Å². The zero-order chi connectivity index (χ0) is 17.4. The smallest absolute Gasteiger partial charge is 0.193 e. The molecule has 24 heavy (non-hydrogen) atoms. The number of anilines is 1. The number of aliphatic imine (C=N–C) groups is 1. The Hall–Kier alpha value is -1.59. The Labute approximate surface area is 146 Å². The number of piperazine rings is 1. The third kappa shape index (κ3) is 6.13. The van der Waals surface area contributed by atoms with Crippen molar-refractivity contribution in [3.63, 3.8) is 0 Å². The van der Waals surface area contributed by atoms with Crippen LogP contribution in [-0.2, 0) is 6.42 Å². The number of likely N-dealkylation sites (N-methyl/N-ethyl adjacent to an activating group) is 1. The third-order valence-electron chi connectivity index (χ3n) is 4.69. The van der Waals surface area contributed by atoms with Gasteiger partial charge in [-0.15, -0.1) is 0 Å². The summed E-state index contributed by atoms with van der Waals surface area (Å²) >= 11 is 0. The van der Waals surface area contributed by atoms with Crippen molar-refractivity contribution in [1.29, 1.82) is 0 Å². The van der Waals surface area contributed by atoms with Crippen molar-refractivity contribution in [2.24, 2.45) is 16.6 Å². The van der Waals surface area contributed by atoms with Crippen LogP contribution < -0.4 is 11.1 Å². The van der Waals surface area contributed by atoms with Crippen LogP contribution in [0.3, 0.4) is 0 Å². The topological polar surface area (TPSA) is 56.9 Å². The van der Waals surface area contributed by atoms with Gasteiger partial charge in [0, 0.05) is 45.0 Å². The van der Waals surface area contributed by atoms with Crippen LogP contribution in [0, 0.1) is 5.92 Å². The molecule has 0 radical (unpaired) electrons. The molecule has 0 aliphatic carbocycles. The van der Waals surface area contributed by atoms with Crippen LogP contribution in [0.4, 0.5) is 5.69 Å².